The van der Waals surface area contributed by atoms with Gasteiger partial charge in [-0.25, -0.2) is 4.39 Å². The minimum atomic E-state index is -0.278. The van der Waals surface area contributed by atoms with Gasteiger partial charge in [0.2, 0.25) is 0 Å². The van der Waals surface area contributed by atoms with Gasteiger partial charge in [0.05, 0.1) is 29.1 Å². The molecule has 0 aliphatic carbocycles. The molecule has 7 nitrogen and oxygen atoms in total. The molecule has 0 saturated carbocycles. The fourth-order valence-corrected chi connectivity index (χ4v) is 5.22. The van der Waals surface area contributed by atoms with Gasteiger partial charge in [-0.15, -0.1) is 0 Å². The number of aromatic amines is 2. The normalized spacial score (nSPS) is 14.3. The predicted molar refractivity (Wildman–Crippen MR) is 146 cm³/mol. The van der Waals surface area contributed by atoms with E-state index in [1.165, 1.54) is 6.07 Å². The third-order valence-electron chi connectivity index (χ3n) is 7.16. The van der Waals surface area contributed by atoms with E-state index in [1.54, 1.807) is 30.7 Å². The van der Waals surface area contributed by atoms with Gasteiger partial charge < -0.3 is 15.0 Å². The number of benzene rings is 2. The van der Waals surface area contributed by atoms with Crippen molar-refractivity contribution >= 4 is 21.8 Å². The van der Waals surface area contributed by atoms with Crippen LogP contribution in [0.3, 0.4) is 0 Å². The largest absolute Gasteiger partial charge is 0.489 e. The maximum Gasteiger partial charge on any atom is 0.138 e. The average Bonchev–Trinajstić information content (AvgIpc) is 3.58. The summed E-state index contributed by atoms with van der Waals surface area (Å²) in [7, 11) is 0. The van der Waals surface area contributed by atoms with Crippen LogP contribution in [0.5, 0.6) is 5.75 Å². The Labute approximate surface area is 218 Å². The molecule has 4 aromatic heterocycles. The van der Waals surface area contributed by atoms with Gasteiger partial charge in [-0.05, 0) is 61.8 Å². The Bertz CT molecular complexity index is 1770. The van der Waals surface area contributed by atoms with Crippen LogP contribution in [0.15, 0.2) is 79.4 Å². The van der Waals surface area contributed by atoms with Crippen LogP contribution in [0.4, 0.5) is 4.39 Å². The van der Waals surface area contributed by atoms with E-state index >= 15 is 0 Å². The number of hydrogen-bond acceptors (Lipinski definition) is 5. The highest BCUT2D eigenvalue weighted by Gasteiger charge is 2.17. The molecule has 3 N–H and O–H groups in total. The van der Waals surface area contributed by atoms with Crippen molar-refractivity contribution in [2.24, 2.45) is 0 Å². The molecule has 1 fully saturated rings. The van der Waals surface area contributed by atoms with Gasteiger partial charge in [-0.2, -0.15) is 5.10 Å². The molecule has 0 bridgehead atoms. The van der Waals surface area contributed by atoms with Gasteiger partial charge in [0.1, 0.15) is 23.4 Å². The minimum Gasteiger partial charge on any atom is -0.489 e. The van der Waals surface area contributed by atoms with E-state index in [4.69, 9.17) is 4.74 Å². The molecule has 8 heteroatoms. The standard InChI is InChI=1S/C30H25FN6O/c31-26-4-2-1-3-22(26)25-16-34-17-29-23(25)13-28(35-29)30-24-12-18(5-6-27(24)36-37-30)19-11-21(15-33-14-19)38-20-7-9-32-10-8-20/h1-6,11-17,20,32,35H,7-10H2,(H,36,37). The van der Waals surface area contributed by atoms with Gasteiger partial charge in [0.25, 0.3) is 0 Å². The SMILES string of the molecule is Fc1ccccc1-c1cncc2[nH]c(-c3n[nH]c4ccc(-c5cncc(OC6CCNCC6)c5)cc34)cc12. The van der Waals surface area contributed by atoms with Crippen molar-refractivity contribution < 1.29 is 9.13 Å². The first kappa shape index (κ1) is 22.6. The Morgan fingerprint density at radius 1 is 0.789 bits per heavy atom. The molecule has 2 aromatic carbocycles. The van der Waals surface area contributed by atoms with E-state index in [0.29, 0.717) is 5.56 Å². The third kappa shape index (κ3) is 4.09. The van der Waals surface area contributed by atoms with Crippen molar-refractivity contribution in [3.63, 3.8) is 0 Å². The zero-order valence-electron chi connectivity index (χ0n) is 20.5. The lowest BCUT2D eigenvalue weighted by molar-refractivity contribution is 0.162. The molecule has 0 radical (unpaired) electrons. The zero-order valence-corrected chi connectivity index (χ0v) is 20.5. The maximum atomic E-state index is 14.6. The lowest BCUT2D eigenvalue weighted by atomic mass is 10.0. The van der Waals surface area contributed by atoms with Crippen LogP contribution in [0.25, 0.3) is 55.4 Å². The lowest BCUT2D eigenvalue weighted by Gasteiger charge is -2.23. The summed E-state index contributed by atoms with van der Waals surface area (Å²) in [5, 5.41) is 13.0. The smallest absolute Gasteiger partial charge is 0.138 e. The number of pyridine rings is 2. The second-order valence-electron chi connectivity index (χ2n) is 9.62. The number of H-pyrrole nitrogens is 2. The predicted octanol–water partition coefficient (Wildman–Crippen LogP) is 6.11. The number of rotatable bonds is 5. The summed E-state index contributed by atoms with van der Waals surface area (Å²) >= 11 is 0. The molecule has 0 amide bonds. The van der Waals surface area contributed by atoms with Gasteiger partial charge in [0.15, 0.2) is 0 Å². The maximum absolute atomic E-state index is 14.6. The van der Waals surface area contributed by atoms with Gasteiger partial charge in [-0.3, -0.25) is 15.1 Å². The van der Waals surface area contributed by atoms with Crippen molar-refractivity contribution in [1.82, 2.24) is 30.5 Å². The number of piperidine rings is 1. The summed E-state index contributed by atoms with van der Waals surface area (Å²) in [6, 6.07) is 17.0. The summed E-state index contributed by atoms with van der Waals surface area (Å²) < 4.78 is 20.8. The van der Waals surface area contributed by atoms with Crippen LogP contribution < -0.4 is 10.1 Å². The molecule has 1 aliphatic rings. The monoisotopic (exact) mass is 504 g/mol. The molecule has 0 atom stereocenters. The molecule has 38 heavy (non-hydrogen) atoms. The number of nitrogens with zero attached hydrogens (tertiary/aromatic N) is 3. The van der Waals surface area contributed by atoms with E-state index in [1.807, 2.05) is 30.5 Å². The molecule has 1 saturated heterocycles. The van der Waals surface area contributed by atoms with Crippen LogP contribution in [-0.4, -0.2) is 44.3 Å². The van der Waals surface area contributed by atoms with E-state index in [2.05, 4.69) is 42.6 Å². The number of halogens is 1. The molecule has 188 valence electrons. The molecule has 0 unspecified atom stereocenters. The van der Waals surface area contributed by atoms with Gasteiger partial charge in [-0.1, -0.05) is 24.3 Å². The van der Waals surface area contributed by atoms with Crippen molar-refractivity contribution in [2.75, 3.05) is 13.1 Å². The Hall–Kier alpha value is -4.56. The first-order valence-electron chi connectivity index (χ1n) is 12.8. The number of ether oxygens (including phenoxy) is 1. The molecule has 6 aromatic rings. The zero-order chi connectivity index (χ0) is 25.5. The summed E-state index contributed by atoms with van der Waals surface area (Å²) in [6.45, 7) is 1.95. The average molecular weight is 505 g/mol. The van der Waals surface area contributed by atoms with Crippen molar-refractivity contribution in [3.8, 4) is 39.4 Å². The van der Waals surface area contributed by atoms with Crippen LogP contribution in [-0.2, 0) is 0 Å². The summed E-state index contributed by atoms with van der Waals surface area (Å²) in [5.41, 5.74) is 6.61. The molecule has 7 rings (SSSR count). The second kappa shape index (κ2) is 9.39. The Morgan fingerprint density at radius 2 is 1.66 bits per heavy atom. The van der Waals surface area contributed by atoms with Gasteiger partial charge in [0, 0.05) is 39.9 Å². The van der Waals surface area contributed by atoms with E-state index in [9.17, 15) is 4.39 Å². The van der Waals surface area contributed by atoms with E-state index in [-0.39, 0.29) is 11.9 Å². The summed E-state index contributed by atoms with van der Waals surface area (Å²) in [4.78, 5) is 12.2. The van der Waals surface area contributed by atoms with Gasteiger partial charge >= 0.3 is 0 Å². The highest BCUT2D eigenvalue weighted by molar-refractivity contribution is 6.01. The highest BCUT2D eigenvalue weighted by atomic mass is 19.1. The molecular weight excluding hydrogens is 479 g/mol. The van der Waals surface area contributed by atoms with Crippen LogP contribution in [0, 0.1) is 5.82 Å². The number of aromatic nitrogens is 5. The lowest BCUT2D eigenvalue weighted by Crippen LogP contribution is -2.34. The van der Waals surface area contributed by atoms with E-state index in [0.717, 1.165) is 81.6 Å². The summed E-state index contributed by atoms with van der Waals surface area (Å²) in [6.07, 6.45) is 9.28. The Balaban J connectivity index is 1.26. The van der Waals surface area contributed by atoms with Crippen molar-refractivity contribution in [3.05, 3.63) is 85.2 Å². The third-order valence-corrected chi connectivity index (χ3v) is 7.16. The fourth-order valence-electron chi connectivity index (χ4n) is 5.22. The number of nitrogens with one attached hydrogen (secondary N) is 3. The number of hydrogen-bond donors (Lipinski definition) is 3. The molecule has 5 heterocycles. The van der Waals surface area contributed by atoms with Crippen LogP contribution in [0.1, 0.15) is 12.8 Å². The highest BCUT2D eigenvalue weighted by Crippen LogP contribution is 2.35. The van der Waals surface area contributed by atoms with Crippen molar-refractivity contribution in [1.29, 1.82) is 0 Å². The minimum absolute atomic E-state index is 0.210. The first-order chi connectivity index (χ1) is 18.7. The first-order valence-corrected chi connectivity index (χ1v) is 12.8. The molecule has 1 aliphatic heterocycles. The van der Waals surface area contributed by atoms with E-state index < -0.39 is 0 Å². The van der Waals surface area contributed by atoms with Crippen molar-refractivity contribution in [2.45, 2.75) is 18.9 Å². The summed E-state index contributed by atoms with van der Waals surface area (Å²) in [5.74, 6) is 0.505. The Morgan fingerprint density at radius 3 is 2.55 bits per heavy atom. The fraction of sp³-hybridized carbons (Fsp3) is 0.167. The van der Waals surface area contributed by atoms with Crippen LogP contribution in [0.2, 0.25) is 0 Å². The second-order valence-corrected chi connectivity index (χ2v) is 9.62. The number of fused-ring (bicyclic) bond motifs is 2. The topological polar surface area (TPSA) is 91.5 Å². The quantitative estimate of drug-likeness (QED) is 0.264. The molecular formula is C30H25FN6O. The molecule has 0 spiro atoms. The Kier molecular flexibility index (Phi) is 5.59. The van der Waals surface area contributed by atoms with Crippen LogP contribution >= 0.6 is 0 Å².